The number of amides is 1. The molecule has 0 saturated carbocycles. The van der Waals surface area contributed by atoms with Crippen LogP contribution in [-0.4, -0.2) is 19.1 Å². The third-order valence-electron chi connectivity index (χ3n) is 1.62. The van der Waals surface area contributed by atoms with Gasteiger partial charge >= 0.3 is 0 Å². The summed E-state index contributed by atoms with van der Waals surface area (Å²) in [5, 5.41) is 2.67. The number of carbonyl (C=O) groups excluding carboxylic acids is 1. The first-order valence-corrected chi connectivity index (χ1v) is 4.89. The highest BCUT2D eigenvalue weighted by Crippen LogP contribution is 2.15. The second kappa shape index (κ2) is 5.74. The maximum Gasteiger partial charge on any atom is 0.252 e. The van der Waals surface area contributed by atoms with E-state index in [1.54, 1.807) is 12.1 Å². The van der Waals surface area contributed by atoms with Gasteiger partial charge in [-0.05, 0) is 28.1 Å². The number of rotatable bonds is 4. The number of nitrogens with two attached hydrogens (primary N) is 1. The Bertz CT molecular complexity index is 317. The average molecular weight is 259 g/mol. The fourth-order valence-electron chi connectivity index (χ4n) is 0.964. The van der Waals surface area contributed by atoms with Crippen LogP contribution in [0.1, 0.15) is 10.4 Å². The quantitative estimate of drug-likeness (QED) is 0.628. The van der Waals surface area contributed by atoms with E-state index in [1.165, 1.54) is 0 Å². The molecule has 0 saturated heterocycles. The van der Waals surface area contributed by atoms with Gasteiger partial charge in [0.25, 0.3) is 5.91 Å². The van der Waals surface area contributed by atoms with Crippen molar-refractivity contribution in [1.82, 2.24) is 5.32 Å². The molecule has 0 heterocycles. The van der Waals surface area contributed by atoms with Crippen molar-refractivity contribution in [2.45, 2.75) is 0 Å². The summed E-state index contributed by atoms with van der Waals surface area (Å²) in [5.41, 5.74) is 0.601. The molecule has 4 nitrogen and oxygen atoms in total. The van der Waals surface area contributed by atoms with Gasteiger partial charge in [-0.3, -0.25) is 4.79 Å². The van der Waals surface area contributed by atoms with Gasteiger partial charge in [0.05, 0.1) is 12.2 Å². The molecule has 1 aromatic carbocycles. The van der Waals surface area contributed by atoms with Crippen LogP contribution in [0.3, 0.4) is 0 Å². The molecule has 0 aliphatic rings. The topological polar surface area (TPSA) is 64.3 Å². The number of hydrogen-bond acceptors (Lipinski definition) is 3. The molecule has 0 radical (unpaired) electrons. The lowest BCUT2D eigenvalue weighted by Crippen LogP contribution is -2.28. The van der Waals surface area contributed by atoms with Gasteiger partial charge < -0.3 is 10.2 Å². The van der Waals surface area contributed by atoms with E-state index in [2.05, 4.69) is 26.1 Å². The number of halogens is 1. The molecule has 1 amide bonds. The third kappa shape index (κ3) is 3.10. The van der Waals surface area contributed by atoms with Gasteiger partial charge in [0.2, 0.25) is 0 Å². The molecule has 1 aromatic rings. The van der Waals surface area contributed by atoms with Crippen LogP contribution >= 0.6 is 15.9 Å². The maximum atomic E-state index is 11.5. The molecule has 0 aliphatic heterocycles. The van der Waals surface area contributed by atoms with Crippen LogP contribution in [0.5, 0.6) is 0 Å². The van der Waals surface area contributed by atoms with Gasteiger partial charge in [0.15, 0.2) is 0 Å². The van der Waals surface area contributed by atoms with Crippen molar-refractivity contribution in [2.24, 2.45) is 5.90 Å². The minimum absolute atomic E-state index is 0.144. The minimum Gasteiger partial charge on any atom is -0.350 e. The summed E-state index contributed by atoms with van der Waals surface area (Å²) in [6.07, 6.45) is 0. The molecule has 1 rings (SSSR count). The van der Waals surface area contributed by atoms with E-state index in [1.807, 2.05) is 12.1 Å². The summed E-state index contributed by atoms with van der Waals surface area (Å²) < 4.78 is 0.770. The number of nitrogens with one attached hydrogen (secondary N) is 1. The van der Waals surface area contributed by atoms with Crippen molar-refractivity contribution in [3.05, 3.63) is 34.3 Å². The van der Waals surface area contributed by atoms with Crippen molar-refractivity contribution in [3.8, 4) is 0 Å². The predicted molar refractivity (Wildman–Crippen MR) is 56.6 cm³/mol. The molecule has 0 aliphatic carbocycles. The third-order valence-corrected chi connectivity index (χ3v) is 2.32. The molecule has 0 unspecified atom stereocenters. The van der Waals surface area contributed by atoms with Crippen molar-refractivity contribution < 1.29 is 9.63 Å². The summed E-state index contributed by atoms with van der Waals surface area (Å²) in [4.78, 5) is 15.8. The molecular formula is C9H11BrN2O2. The fraction of sp³-hybridized carbons (Fsp3) is 0.222. The Morgan fingerprint density at radius 1 is 1.50 bits per heavy atom. The Morgan fingerprint density at radius 3 is 2.86 bits per heavy atom. The van der Waals surface area contributed by atoms with E-state index in [0.717, 1.165) is 4.47 Å². The summed E-state index contributed by atoms with van der Waals surface area (Å²) in [6, 6.07) is 7.21. The lowest BCUT2D eigenvalue weighted by Gasteiger charge is -2.05. The minimum atomic E-state index is -0.144. The largest absolute Gasteiger partial charge is 0.350 e. The van der Waals surface area contributed by atoms with E-state index in [-0.39, 0.29) is 5.91 Å². The van der Waals surface area contributed by atoms with Crippen LogP contribution in [0.15, 0.2) is 28.7 Å². The summed E-state index contributed by atoms with van der Waals surface area (Å²) >= 11 is 3.29. The van der Waals surface area contributed by atoms with Gasteiger partial charge in [0.1, 0.15) is 0 Å². The van der Waals surface area contributed by atoms with Crippen LogP contribution in [0.2, 0.25) is 0 Å². The number of hydrogen-bond donors (Lipinski definition) is 2. The van der Waals surface area contributed by atoms with E-state index < -0.39 is 0 Å². The molecule has 0 bridgehead atoms. The van der Waals surface area contributed by atoms with E-state index >= 15 is 0 Å². The van der Waals surface area contributed by atoms with Gasteiger partial charge in [-0.15, -0.1) is 0 Å². The molecule has 0 aromatic heterocycles. The molecule has 0 atom stereocenters. The predicted octanol–water partition coefficient (Wildman–Crippen LogP) is 1.07. The molecule has 0 spiro atoms. The number of benzene rings is 1. The van der Waals surface area contributed by atoms with Crippen LogP contribution < -0.4 is 11.2 Å². The standard InChI is InChI=1S/C9H11BrN2O2/c10-8-4-2-1-3-7(8)9(13)12-5-6-14-11/h1-4H,5-6,11H2,(H,12,13). The monoisotopic (exact) mass is 258 g/mol. The SMILES string of the molecule is NOCCNC(=O)c1ccccc1Br. The Hall–Kier alpha value is -0.910. The van der Waals surface area contributed by atoms with Gasteiger partial charge in [-0.1, -0.05) is 12.1 Å². The summed E-state index contributed by atoms with van der Waals surface area (Å²) in [6.45, 7) is 0.701. The normalized spacial score (nSPS) is 9.86. The lowest BCUT2D eigenvalue weighted by molar-refractivity contribution is 0.0916. The van der Waals surface area contributed by atoms with Gasteiger partial charge in [-0.2, -0.15) is 0 Å². The zero-order valence-electron chi connectivity index (χ0n) is 7.50. The molecule has 0 fully saturated rings. The van der Waals surface area contributed by atoms with Crippen molar-refractivity contribution >= 4 is 21.8 Å². The zero-order valence-corrected chi connectivity index (χ0v) is 9.08. The Morgan fingerprint density at radius 2 is 2.21 bits per heavy atom. The first kappa shape index (κ1) is 11.2. The Kier molecular flexibility index (Phi) is 4.58. The highest BCUT2D eigenvalue weighted by molar-refractivity contribution is 9.10. The first-order chi connectivity index (χ1) is 6.75. The van der Waals surface area contributed by atoms with Crippen LogP contribution in [-0.2, 0) is 4.84 Å². The van der Waals surface area contributed by atoms with Crippen LogP contribution in [0.4, 0.5) is 0 Å². The summed E-state index contributed by atoms with van der Waals surface area (Å²) in [7, 11) is 0. The highest BCUT2D eigenvalue weighted by atomic mass is 79.9. The van der Waals surface area contributed by atoms with Crippen LogP contribution in [0, 0.1) is 0 Å². The van der Waals surface area contributed by atoms with Gasteiger partial charge in [0, 0.05) is 11.0 Å². The lowest BCUT2D eigenvalue weighted by atomic mass is 10.2. The van der Waals surface area contributed by atoms with Crippen molar-refractivity contribution in [3.63, 3.8) is 0 Å². The average Bonchev–Trinajstić information content (AvgIpc) is 2.18. The van der Waals surface area contributed by atoms with E-state index in [9.17, 15) is 4.79 Å². The van der Waals surface area contributed by atoms with Crippen molar-refractivity contribution in [2.75, 3.05) is 13.2 Å². The second-order valence-corrected chi connectivity index (χ2v) is 3.46. The van der Waals surface area contributed by atoms with E-state index in [4.69, 9.17) is 5.90 Å². The smallest absolute Gasteiger partial charge is 0.252 e. The Labute approximate surface area is 90.5 Å². The maximum absolute atomic E-state index is 11.5. The Balaban J connectivity index is 2.56. The fourth-order valence-corrected chi connectivity index (χ4v) is 1.43. The zero-order chi connectivity index (χ0) is 10.4. The molecular weight excluding hydrogens is 248 g/mol. The molecule has 3 N–H and O–H groups in total. The van der Waals surface area contributed by atoms with Gasteiger partial charge in [-0.25, -0.2) is 5.90 Å². The van der Waals surface area contributed by atoms with E-state index in [0.29, 0.717) is 18.7 Å². The second-order valence-electron chi connectivity index (χ2n) is 2.61. The molecule has 14 heavy (non-hydrogen) atoms. The van der Waals surface area contributed by atoms with Crippen LogP contribution in [0.25, 0.3) is 0 Å². The summed E-state index contributed by atoms with van der Waals surface area (Å²) in [5.74, 6) is 4.68. The first-order valence-electron chi connectivity index (χ1n) is 4.10. The number of carbonyl (C=O) groups is 1. The van der Waals surface area contributed by atoms with Crippen molar-refractivity contribution in [1.29, 1.82) is 0 Å². The molecule has 5 heteroatoms. The highest BCUT2D eigenvalue weighted by Gasteiger charge is 2.07. The molecule has 76 valence electrons.